The number of hydrogen-bond acceptors (Lipinski definition) is 6. The second-order valence-electron chi connectivity index (χ2n) is 5.26. The van der Waals surface area contributed by atoms with Crippen molar-refractivity contribution in [3.63, 3.8) is 0 Å². The average Bonchev–Trinajstić information content (AvgIpc) is 2.67. The molecule has 0 saturated heterocycles. The first-order valence-corrected chi connectivity index (χ1v) is 7.76. The molecular formula is C20H18O6. The Balaban J connectivity index is 1.92. The molecule has 0 radical (unpaired) electrons. The van der Waals surface area contributed by atoms with E-state index in [-0.39, 0.29) is 12.4 Å². The summed E-state index contributed by atoms with van der Waals surface area (Å²) in [6, 6.07) is 13.2. The highest BCUT2D eigenvalue weighted by Crippen LogP contribution is 2.14. The van der Waals surface area contributed by atoms with Gasteiger partial charge >= 0.3 is 17.9 Å². The van der Waals surface area contributed by atoms with E-state index in [1.807, 2.05) is 0 Å². The second-order valence-corrected chi connectivity index (χ2v) is 5.26. The fourth-order valence-corrected chi connectivity index (χ4v) is 2.08. The molecule has 0 aromatic heterocycles. The molecule has 0 spiro atoms. The Kier molecular flexibility index (Phi) is 6.68. The van der Waals surface area contributed by atoms with Gasteiger partial charge in [-0.25, -0.2) is 9.59 Å². The smallest absolute Gasteiger partial charge is 0.337 e. The molecule has 6 nitrogen and oxygen atoms in total. The van der Waals surface area contributed by atoms with E-state index in [9.17, 15) is 14.4 Å². The second kappa shape index (κ2) is 9.17. The van der Waals surface area contributed by atoms with Crippen LogP contribution in [-0.4, -0.2) is 32.1 Å². The maximum atomic E-state index is 11.9. The van der Waals surface area contributed by atoms with Crippen LogP contribution in [0, 0.1) is 0 Å². The Labute approximate surface area is 151 Å². The van der Waals surface area contributed by atoms with Gasteiger partial charge in [0.2, 0.25) is 0 Å². The molecule has 134 valence electrons. The van der Waals surface area contributed by atoms with Crippen LogP contribution < -0.4 is 4.74 Å². The monoisotopic (exact) mass is 354 g/mol. The summed E-state index contributed by atoms with van der Waals surface area (Å²) in [5.41, 5.74) is 1.93. The average molecular weight is 354 g/mol. The van der Waals surface area contributed by atoms with E-state index in [1.165, 1.54) is 20.3 Å². The molecule has 0 aliphatic heterocycles. The third-order valence-electron chi connectivity index (χ3n) is 3.46. The van der Waals surface area contributed by atoms with Crippen LogP contribution in [-0.2, 0) is 25.5 Å². The van der Waals surface area contributed by atoms with Crippen LogP contribution in [0.25, 0.3) is 6.08 Å². The molecule has 0 amide bonds. The highest BCUT2D eigenvalue weighted by molar-refractivity contribution is 5.90. The molecule has 2 aromatic carbocycles. The molecule has 0 fully saturated rings. The number of rotatable bonds is 6. The number of benzene rings is 2. The zero-order chi connectivity index (χ0) is 18.9. The highest BCUT2D eigenvalue weighted by Gasteiger charge is 2.06. The predicted molar refractivity (Wildman–Crippen MR) is 94.6 cm³/mol. The lowest BCUT2D eigenvalue weighted by Crippen LogP contribution is -2.05. The summed E-state index contributed by atoms with van der Waals surface area (Å²) in [7, 11) is 2.64. The van der Waals surface area contributed by atoms with E-state index < -0.39 is 11.9 Å². The van der Waals surface area contributed by atoms with Crippen LogP contribution in [0.2, 0.25) is 0 Å². The first-order valence-electron chi connectivity index (χ1n) is 7.76. The van der Waals surface area contributed by atoms with Crippen molar-refractivity contribution in [1.29, 1.82) is 0 Å². The number of ether oxygens (including phenoxy) is 3. The molecule has 0 N–H and O–H groups in total. The summed E-state index contributed by atoms with van der Waals surface area (Å²) in [5, 5.41) is 0. The molecule has 0 heterocycles. The Bertz CT molecular complexity index is 803. The molecular weight excluding hydrogens is 336 g/mol. The first-order chi connectivity index (χ1) is 12.5. The summed E-state index contributed by atoms with van der Waals surface area (Å²) in [4.78, 5) is 34.4. The Morgan fingerprint density at radius 2 is 1.54 bits per heavy atom. The topological polar surface area (TPSA) is 78.9 Å². The molecule has 0 saturated carbocycles. The standard InChI is InChI=1S/C20H18O6/c1-24-19(22)13-15-5-10-17(11-6-15)26-18(21)12-7-14-3-8-16(9-4-14)20(23)25-2/h3-12H,13H2,1-2H3/b12-7+. The van der Waals surface area contributed by atoms with Crippen LogP contribution in [0.5, 0.6) is 5.75 Å². The summed E-state index contributed by atoms with van der Waals surface area (Å²) in [6.45, 7) is 0. The van der Waals surface area contributed by atoms with Gasteiger partial charge in [0.1, 0.15) is 5.75 Å². The van der Waals surface area contributed by atoms with E-state index in [0.717, 1.165) is 11.1 Å². The highest BCUT2D eigenvalue weighted by atomic mass is 16.5. The summed E-state index contributed by atoms with van der Waals surface area (Å²) < 4.78 is 14.4. The van der Waals surface area contributed by atoms with E-state index >= 15 is 0 Å². The van der Waals surface area contributed by atoms with Gasteiger partial charge in [0, 0.05) is 6.08 Å². The van der Waals surface area contributed by atoms with Crippen molar-refractivity contribution in [3.05, 3.63) is 71.3 Å². The van der Waals surface area contributed by atoms with Gasteiger partial charge in [-0.1, -0.05) is 24.3 Å². The van der Waals surface area contributed by atoms with Crippen molar-refractivity contribution in [2.45, 2.75) is 6.42 Å². The SMILES string of the molecule is COC(=O)Cc1ccc(OC(=O)/C=C/c2ccc(C(=O)OC)cc2)cc1. The van der Waals surface area contributed by atoms with Crippen LogP contribution in [0.1, 0.15) is 21.5 Å². The van der Waals surface area contributed by atoms with Crippen LogP contribution >= 0.6 is 0 Å². The van der Waals surface area contributed by atoms with Gasteiger partial charge in [-0.05, 0) is 41.5 Å². The molecule has 0 aliphatic rings. The molecule has 6 heteroatoms. The van der Waals surface area contributed by atoms with Crippen molar-refractivity contribution in [1.82, 2.24) is 0 Å². The largest absolute Gasteiger partial charge is 0.469 e. The molecule has 2 rings (SSSR count). The Hall–Kier alpha value is -3.41. The third-order valence-corrected chi connectivity index (χ3v) is 3.46. The minimum Gasteiger partial charge on any atom is -0.469 e. The van der Waals surface area contributed by atoms with Crippen molar-refractivity contribution in [2.24, 2.45) is 0 Å². The van der Waals surface area contributed by atoms with E-state index in [4.69, 9.17) is 4.74 Å². The lowest BCUT2D eigenvalue weighted by molar-refractivity contribution is -0.139. The number of esters is 3. The van der Waals surface area contributed by atoms with Gasteiger partial charge < -0.3 is 14.2 Å². The number of carbonyl (C=O) groups is 3. The van der Waals surface area contributed by atoms with Gasteiger partial charge in [0.15, 0.2) is 0 Å². The van der Waals surface area contributed by atoms with Crippen LogP contribution in [0.3, 0.4) is 0 Å². The molecule has 0 aliphatic carbocycles. The van der Waals surface area contributed by atoms with Crippen LogP contribution in [0.15, 0.2) is 54.6 Å². The number of methoxy groups -OCH3 is 2. The lowest BCUT2D eigenvalue weighted by atomic mass is 10.1. The third kappa shape index (κ3) is 5.59. The van der Waals surface area contributed by atoms with Gasteiger partial charge in [0.25, 0.3) is 0 Å². The van der Waals surface area contributed by atoms with Gasteiger partial charge in [-0.2, -0.15) is 0 Å². The van der Waals surface area contributed by atoms with Crippen LogP contribution in [0.4, 0.5) is 0 Å². The number of hydrogen-bond donors (Lipinski definition) is 0. The summed E-state index contributed by atoms with van der Waals surface area (Å²) in [6.07, 6.45) is 3.02. The van der Waals surface area contributed by atoms with Crippen molar-refractivity contribution in [2.75, 3.05) is 14.2 Å². The molecule has 26 heavy (non-hydrogen) atoms. The molecule has 2 aromatic rings. The van der Waals surface area contributed by atoms with E-state index in [2.05, 4.69) is 9.47 Å². The zero-order valence-corrected chi connectivity index (χ0v) is 14.4. The van der Waals surface area contributed by atoms with Crippen molar-refractivity contribution in [3.8, 4) is 5.75 Å². The number of carbonyl (C=O) groups excluding carboxylic acids is 3. The fourth-order valence-electron chi connectivity index (χ4n) is 2.08. The predicted octanol–water partition coefficient (Wildman–Crippen LogP) is 2.81. The van der Waals surface area contributed by atoms with E-state index in [1.54, 1.807) is 54.6 Å². The quantitative estimate of drug-likeness (QED) is 0.451. The molecule has 0 bridgehead atoms. The van der Waals surface area contributed by atoms with Crippen molar-refractivity contribution >= 4 is 24.0 Å². The Morgan fingerprint density at radius 1 is 0.885 bits per heavy atom. The summed E-state index contributed by atoms with van der Waals surface area (Å²) in [5.74, 6) is -0.927. The normalized spacial score (nSPS) is 10.4. The first kappa shape index (κ1) is 18.9. The van der Waals surface area contributed by atoms with Gasteiger partial charge in [-0.3, -0.25) is 4.79 Å². The lowest BCUT2D eigenvalue weighted by Gasteiger charge is -2.03. The molecule has 0 atom stereocenters. The van der Waals surface area contributed by atoms with E-state index in [0.29, 0.717) is 11.3 Å². The van der Waals surface area contributed by atoms with Gasteiger partial charge in [0.05, 0.1) is 26.2 Å². The minimum atomic E-state index is -0.539. The summed E-state index contributed by atoms with van der Waals surface area (Å²) >= 11 is 0. The van der Waals surface area contributed by atoms with Crippen molar-refractivity contribution < 1.29 is 28.6 Å². The Morgan fingerprint density at radius 3 is 2.12 bits per heavy atom. The fraction of sp³-hybridized carbons (Fsp3) is 0.150. The molecule has 0 unspecified atom stereocenters. The minimum absolute atomic E-state index is 0.159. The van der Waals surface area contributed by atoms with Gasteiger partial charge in [-0.15, -0.1) is 0 Å². The maximum absolute atomic E-state index is 11.9. The zero-order valence-electron chi connectivity index (χ0n) is 14.4. The maximum Gasteiger partial charge on any atom is 0.337 e.